The fraction of sp³-hybridized carbons (Fsp3) is 1.00. The highest BCUT2D eigenvalue weighted by atomic mass is 19.4. The topological polar surface area (TPSA) is 38.0 Å². The highest BCUT2D eigenvalue weighted by Crippen LogP contribution is 2.26. The molecule has 0 rings (SSSR count). The second-order valence-electron chi connectivity index (χ2n) is 4.34. The SMILES string of the molecule is CCCCC(CC)CC(CC(F)(F)F)NN. The molecule has 0 fully saturated rings. The number of nitrogens with one attached hydrogen (secondary N) is 1. The van der Waals surface area contributed by atoms with E-state index in [1.165, 1.54) is 0 Å². The van der Waals surface area contributed by atoms with E-state index in [-0.39, 0.29) is 0 Å². The summed E-state index contributed by atoms with van der Waals surface area (Å²) in [7, 11) is 0. The van der Waals surface area contributed by atoms with Gasteiger partial charge in [0.05, 0.1) is 6.42 Å². The normalized spacial score (nSPS) is 16.1. The standard InChI is InChI=1S/C11H23F3N2/c1-3-5-6-9(4-2)7-10(16-15)8-11(12,13)14/h9-10,16H,3-8,15H2,1-2H3. The van der Waals surface area contributed by atoms with Crippen LogP contribution in [-0.4, -0.2) is 12.2 Å². The molecule has 0 saturated heterocycles. The van der Waals surface area contributed by atoms with Crippen molar-refractivity contribution in [3.8, 4) is 0 Å². The molecule has 3 N–H and O–H groups in total. The van der Waals surface area contributed by atoms with Gasteiger partial charge in [-0.15, -0.1) is 0 Å². The first-order valence-electron chi connectivity index (χ1n) is 5.95. The summed E-state index contributed by atoms with van der Waals surface area (Å²) in [6, 6.07) is -0.651. The maximum atomic E-state index is 12.2. The largest absolute Gasteiger partial charge is 0.390 e. The van der Waals surface area contributed by atoms with Gasteiger partial charge in [-0.2, -0.15) is 13.2 Å². The number of halogens is 3. The zero-order chi connectivity index (χ0) is 12.6. The molecule has 0 spiro atoms. The van der Waals surface area contributed by atoms with Crippen molar-refractivity contribution >= 4 is 0 Å². The molecule has 2 nitrogen and oxygen atoms in total. The van der Waals surface area contributed by atoms with Crippen LogP contribution in [-0.2, 0) is 0 Å². The molecule has 0 bridgehead atoms. The average Bonchev–Trinajstić information content (AvgIpc) is 2.20. The van der Waals surface area contributed by atoms with Crippen LogP contribution in [0.1, 0.15) is 52.4 Å². The van der Waals surface area contributed by atoms with Crippen LogP contribution in [0.25, 0.3) is 0 Å². The summed E-state index contributed by atoms with van der Waals surface area (Å²) in [5.41, 5.74) is 2.28. The minimum Gasteiger partial charge on any atom is -0.271 e. The van der Waals surface area contributed by atoms with Gasteiger partial charge in [0, 0.05) is 6.04 Å². The molecule has 0 aromatic rings. The van der Waals surface area contributed by atoms with Crippen molar-refractivity contribution in [1.29, 1.82) is 0 Å². The molecule has 0 aromatic carbocycles. The average molecular weight is 240 g/mol. The van der Waals surface area contributed by atoms with Crippen LogP contribution in [0.15, 0.2) is 0 Å². The van der Waals surface area contributed by atoms with Crippen LogP contribution < -0.4 is 11.3 Å². The summed E-state index contributed by atoms with van der Waals surface area (Å²) in [6.45, 7) is 4.10. The van der Waals surface area contributed by atoms with Crippen LogP contribution in [0.2, 0.25) is 0 Å². The fourth-order valence-corrected chi connectivity index (χ4v) is 1.87. The number of hydrogen-bond acceptors (Lipinski definition) is 2. The van der Waals surface area contributed by atoms with Gasteiger partial charge in [-0.1, -0.05) is 39.5 Å². The Morgan fingerprint density at radius 1 is 1.25 bits per heavy atom. The lowest BCUT2D eigenvalue weighted by Crippen LogP contribution is -2.39. The Balaban J connectivity index is 4.06. The molecular formula is C11H23F3N2. The monoisotopic (exact) mass is 240 g/mol. The zero-order valence-electron chi connectivity index (χ0n) is 10.1. The fourth-order valence-electron chi connectivity index (χ4n) is 1.87. The summed E-state index contributed by atoms with van der Waals surface area (Å²) in [4.78, 5) is 0. The lowest BCUT2D eigenvalue weighted by atomic mass is 9.91. The third-order valence-electron chi connectivity index (χ3n) is 2.87. The molecule has 0 amide bonds. The van der Waals surface area contributed by atoms with E-state index < -0.39 is 18.6 Å². The van der Waals surface area contributed by atoms with Crippen LogP contribution in [0.5, 0.6) is 0 Å². The Morgan fingerprint density at radius 3 is 2.25 bits per heavy atom. The highest BCUT2D eigenvalue weighted by Gasteiger charge is 2.32. The first kappa shape index (κ1) is 15.7. The van der Waals surface area contributed by atoms with E-state index in [1.54, 1.807) is 0 Å². The molecule has 0 aliphatic carbocycles. The summed E-state index contributed by atoms with van der Waals surface area (Å²) >= 11 is 0. The Morgan fingerprint density at radius 2 is 1.88 bits per heavy atom. The van der Waals surface area contributed by atoms with Gasteiger partial charge in [0.15, 0.2) is 0 Å². The van der Waals surface area contributed by atoms with Gasteiger partial charge in [-0.3, -0.25) is 11.3 Å². The molecule has 5 heteroatoms. The molecule has 2 unspecified atom stereocenters. The van der Waals surface area contributed by atoms with E-state index >= 15 is 0 Å². The smallest absolute Gasteiger partial charge is 0.271 e. The van der Waals surface area contributed by atoms with Crippen LogP contribution >= 0.6 is 0 Å². The van der Waals surface area contributed by atoms with E-state index in [1.807, 2.05) is 6.92 Å². The zero-order valence-corrected chi connectivity index (χ0v) is 10.1. The van der Waals surface area contributed by atoms with Gasteiger partial charge in [0.1, 0.15) is 0 Å². The van der Waals surface area contributed by atoms with E-state index in [9.17, 15) is 13.2 Å². The first-order valence-corrected chi connectivity index (χ1v) is 5.95. The van der Waals surface area contributed by atoms with E-state index in [0.29, 0.717) is 12.3 Å². The Kier molecular flexibility index (Phi) is 7.76. The number of rotatable bonds is 8. The lowest BCUT2D eigenvalue weighted by molar-refractivity contribution is -0.141. The van der Waals surface area contributed by atoms with E-state index in [4.69, 9.17) is 5.84 Å². The Hall–Kier alpha value is -0.290. The lowest BCUT2D eigenvalue weighted by Gasteiger charge is -2.23. The van der Waals surface area contributed by atoms with Crippen molar-refractivity contribution in [3.63, 3.8) is 0 Å². The van der Waals surface area contributed by atoms with Gasteiger partial charge < -0.3 is 0 Å². The van der Waals surface area contributed by atoms with E-state index in [2.05, 4.69) is 12.3 Å². The van der Waals surface area contributed by atoms with E-state index in [0.717, 1.165) is 25.7 Å². The summed E-state index contributed by atoms with van der Waals surface area (Å²) in [6.07, 6.45) is -0.421. The third-order valence-corrected chi connectivity index (χ3v) is 2.87. The molecule has 0 saturated carbocycles. The maximum Gasteiger partial charge on any atom is 0.390 e. The minimum atomic E-state index is -4.14. The van der Waals surface area contributed by atoms with Crippen molar-refractivity contribution in [2.24, 2.45) is 11.8 Å². The Bertz CT molecular complexity index is 171. The maximum absolute atomic E-state index is 12.2. The molecule has 2 atom stereocenters. The van der Waals surface area contributed by atoms with Crippen LogP contribution in [0.3, 0.4) is 0 Å². The van der Waals surface area contributed by atoms with Gasteiger partial charge in [0.25, 0.3) is 0 Å². The molecule has 0 aliphatic heterocycles. The summed E-state index contributed by atoms with van der Waals surface area (Å²) in [5.74, 6) is 5.50. The number of hydrogen-bond donors (Lipinski definition) is 2. The quantitative estimate of drug-likeness (QED) is 0.504. The van der Waals surface area contributed by atoms with Crippen molar-refractivity contribution in [2.75, 3.05) is 0 Å². The van der Waals surface area contributed by atoms with Gasteiger partial charge in [-0.05, 0) is 12.3 Å². The second-order valence-corrected chi connectivity index (χ2v) is 4.34. The molecule has 0 radical (unpaired) electrons. The minimum absolute atomic E-state index is 0.336. The van der Waals surface area contributed by atoms with Crippen molar-refractivity contribution in [2.45, 2.75) is 64.6 Å². The van der Waals surface area contributed by atoms with Crippen LogP contribution in [0.4, 0.5) is 13.2 Å². The van der Waals surface area contributed by atoms with Crippen LogP contribution in [0, 0.1) is 5.92 Å². The first-order chi connectivity index (χ1) is 7.42. The number of hydrazine groups is 1. The predicted molar refractivity (Wildman–Crippen MR) is 59.7 cm³/mol. The molecule has 0 aromatic heterocycles. The summed E-state index contributed by atoms with van der Waals surface area (Å²) in [5, 5.41) is 0. The van der Waals surface area contributed by atoms with Crippen molar-refractivity contribution in [3.05, 3.63) is 0 Å². The van der Waals surface area contributed by atoms with Gasteiger partial charge in [-0.25, -0.2) is 0 Å². The number of nitrogens with two attached hydrogens (primary N) is 1. The Labute approximate surface area is 95.7 Å². The molecule has 0 aliphatic rings. The summed E-state index contributed by atoms with van der Waals surface area (Å²) < 4.78 is 36.6. The predicted octanol–water partition coefficient (Wildman–Crippen LogP) is 3.38. The number of alkyl halides is 3. The molecule has 98 valence electrons. The molecule has 0 heterocycles. The van der Waals surface area contributed by atoms with Gasteiger partial charge in [0.2, 0.25) is 0 Å². The third kappa shape index (κ3) is 7.93. The second kappa shape index (κ2) is 7.90. The molecule has 16 heavy (non-hydrogen) atoms. The highest BCUT2D eigenvalue weighted by molar-refractivity contribution is 4.72. The number of unbranched alkanes of at least 4 members (excludes halogenated alkanes) is 1. The molecular weight excluding hydrogens is 217 g/mol. The van der Waals surface area contributed by atoms with Crippen molar-refractivity contribution in [1.82, 2.24) is 5.43 Å². The van der Waals surface area contributed by atoms with Gasteiger partial charge >= 0.3 is 6.18 Å². The van der Waals surface area contributed by atoms with Crippen molar-refractivity contribution < 1.29 is 13.2 Å².